The summed E-state index contributed by atoms with van der Waals surface area (Å²) in [4.78, 5) is 0. The number of nitrogens with zero attached hydrogens (tertiary/aromatic N) is 3. The number of H-pyrrole nitrogens is 1. The lowest BCUT2D eigenvalue weighted by atomic mass is 10.2. The molecule has 6 heteroatoms. The number of aromatic amines is 1. The fraction of sp³-hybridized carbons (Fsp3) is 0.308. The van der Waals surface area contributed by atoms with Gasteiger partial charge in [0.2, 0.25) is 4.77 Å². The van der Waals surface area contributed by atoms with Gasteiger partial charge in [0.15, 0.2) is 5.82 Å². The molecule has 2 rings (SSSR count). The lowest BCUT2D eigenvalue weighted by molar-refractivity contribution is 0.700. The average molecular weight is 339 g/mol. The zero-order valence-electron chi connectivity index (χ0n) is 10.6. The third-order valence-electron chi connectivity index (χ3n) is 2.64. The van der Waals surface area contributed by atoms with E-state index in [1.54, 1.807) is 10.9 Å². The van der Waals surface area contributed by atoms with E-state index in [-0.39, 0.29) is 0 Å². The number of nitrogens with one attached hydrogen (secondary N) is 1. The third-order valence-corrected chi connectivity index (χ3v) is 3.40. The maximum atomic E-state index is 5.19. The van der Waals surface area contributed by atoms with Gasteiger partial charge in [-0.1, -0.05) is 41.4 Å². The van der Waals surface area contributed by atoms with Gasteiger partial charge < -0.3 is 0 Å². The molecule has 1 N–H and O–H groups in total. The van der Waals surface area contributed by atoms with Gasteiger partial charge >= 0.3 is 0 Å². The first kappa shape index (κ1) is 14.1. The van der Waals surface area contributed by atoms with Gasteiger partial charge in [-0.25, -0.2) is 0 Å². The smallest absolute Gasteiger partial charge is 0.216 e. The number of aryl methyl sites for hydroxylation is 1. The van der Waals surface area contributed by atoms with E-state index in [9.17, 15) is 0 Å². The predicted molar refractivity (Wildman–Crippen MR) is 83.2 cm³/mol. The summed E-state index contributed by atoms with van der Waals surface area (Å²) in [6, 6.07) is 7.94. The number of halogens is 1. The molecular formula is C13H15BrN4S. The molecule has 0 bridgehead atoms. The quantitative estimate of drug-likeness (QED) is 0.663. The van der Waals surface area contributed by atoms with Crippen LogP contribution in [0.1, 0.15) is 31.2 Å². The number of aromatic nitrogens is 3. The van der Waals surface area contributed by atoms with E-state index in [0.717, 1.165) is 35.1 Å². The molecule has 0 aliphatic rings. The van der Waals surface area contributed by atoms with Gasteiger partial charge in [0, 0.05) is 10.9 Å². The molecule has 2 aromatic rings. The van der Waals surface area contributed by atoms with Crippen LogP contribution in [0.2, 0.25) is 0 Å². The van der Waals surface area contributed by atoms with Crippen molar-refractivity contribution < 1.29 is 0 Å². The van der Waals surface area contributed by atoms with Gasteiger partial charge in [0.1, 0.15) is 0 Å². The van der Waals surface area contributed by atoms with Crippen LogP contribution in [0.5, 0.6) is 0 Å². The topological polar surface area (TPSA) is 46.0 Å². The van der Waals surface area contributed by atoms with Gasteiger partial charge in [-0.3, -0.25) is 5.10 Å². The van der Waals surface area contributed by atoms with E-state index >= 15 is 0 Å². The monoisotopic (exact) mass is 338 g/mol. The van der Waals surface area contributed by atoms with Crippen molar-refractivity contribution in [2.45, 2.75) is 26.2 Å². The van der Waals surface area contributed by atoms with E-state index in [4.69, 9.17) is 12.2 Å². The second-order valence-electron chi connectivity index (χ2n) is 4.16. The molecule has 0 radical (unpaired) electrons. The first-order chi connectivity index (χ1) is 9.20. The zero-order valence-corrected chi connectivity index (χ0v) is 13.0. The Balaban J connectivity index is 2.23. The van der Waals surface area contributed by atoms with Crippen molar-refractivity contribution in [2.24, 2.45) is 5.10 Å². The van der Waals surface area contributed by atoms with Gasteiger partial charge in [-0.05, 0) is 36.3 Å². The Hall–Kier alpha value is -1.27. The normalized spacial score (nSPS) is 11.3. The van der Waals surface area contributed by atoms with Crippen LogP contribution in [0.25, 0.3) is 0 Å². The summed E-state index contributed by atoms with van der Waals surface area (Å²) in [7, 11) is 0. The van der Waals surface area contributed by atoms with Crippen LogP contribution >= 0.6 is 28.1 Å². The molecule has 0 fully saturated rings. The maximum absolute atomic E-state index is 5.19. The Labute approximate surface area is 125 Å². The van der Waals surface area contributed by atoms with Crippen LogP contribution < -0.4 is 0 Å². The van der Waals surface area contributed by atoms with Crippen LogP contribution in [-0.4, -0.2) is 21.1 Å². The molecule has 1 heterocycles. The largest absolute Gasteiger partial charge is 0.250 e. The minimum absolute atomic E-state index is 0.525. The van der Waals surface area contributed by atoms with Crippen LogP contribution in [-0.2, 0) is 6.42 Å². The zero-order chi connectivity index (χ0) is 13.7. The first-order valence-electron chi connectivity index (χ1n) is 6.17. The van der Waals surface area contributed by atoms with Gasteiger partial charge in [0.05, 0.1) is 6.21 Å². The SMILES string of the molecule is CCCCc1n[nH]c(=S)n1/N=C/c1cccc(Br)c1. The van der Waals surface area contributed by atoms with Gasteiger partial charge in [-0.15, -0.1) is 0 Å². The number of hydrogen-bond acceptors (Lipinski definition) is 3. The van der Waals surface area contributed by atoms with Crippen molar-refractivity contribution in [2.75, 3.05) is 0 Å². The summed E-state index contributed by atoms with van der Waals surface area (Å²) in [6.07, 6.45) is 4.85. The fourth-order valence-electron chi connectivity index (χ4n) is 1.65. The van der Waals surface area contributed by atoms with Crippen LogP contribution in [0, 0.1) is 4.77 Å². The van der Waals surface area contributed by atoms with Crippen molar-refractivity contribution in [1.29, 1.82) is 0 Å². The van der Waals surface area contributed by atoms with Crippen LogP contribution in [0.4, 0.5) is 0 Å². The molecule has 100 valence electrons. The van der Waals surface area contributed by atoms with E-state index < -0.39 is 0 Å². The highest BCUT2D eigenvalue weighted by Gasteiger charge is 2.03. The Kier molecular flexibility index (Phi) is 5.04. The predicted octanol–water partition coefficient (Wildman–Crippen LogP) is 3.93. The Morgan fingerprint density at radius 3 is 3.11 bits per heavy atom. The minimum Gasteiger partial charge on any atom is -0.250 e. The van der Waals surface area contributed by atoms with Crippen LogP contribution in [0.3, 0.4) is 0 Å². The Morgan fingerprint density at radius 1 is 1.53 bits per heavy atom. The Morgan fingerprint density at radius 2 is 2.37 bits per heavy atom. The van der Waals surface area contributed by atoms with E-state index in [2.05, 4.69) is 38.2 Å². The highest BCUT2D eigenvalue weighted by Crippen LogP contribution is 2.10. The van der Waals surface area contributed by atoms with Gasteiger partial charge in [-0.2, -0.15) is 14.9 Å². The average Bonchev–Trinajstić information content (AvgIpc) is 2.75. The molecule has 0 aliphatic carbocycles. The molecule has 0 saturated carbocycles. The molecule has 0 spiro atoms. The number of hydrogen-bond donors (Lipinski definition) is 1. The third kappa shape index (κ3) is 3.84. The van der Waals surface area contributed by atoms with Crippen molar-refractivity contribution in [3.63, 3.8) is 0 Å². The standard InChI is InChI=1S/C13H15BrN4S/c1-2-3-7-12-16-17-13(19)18(12)15-9-10-5-4-6-11(14)8-10/h4-6,8-9H,2-3,7H2,1H3,(H,17,19)/b15-9+. The molecule has 19 heavy (non-hydrogen) atoms. The van der Waals surface area contributed by atoms with E-state index in [0.29, 0.717) is 4.77 Å². The van der Waals surface area contributed by atoms with E-state index in [1.165, 1.54) is 0 Å². The summed E-state index contributed by atoms with van der Waals surface area (Å²) in [5.41, 5.74) is 1.01. The molecule has 0 saturated heterocycles. The number of rotatable bonds is 5. The molecule has 0 amide bonds. The number of benzene rings is 1. The fourth-order valence-corrected chi connectivity index (χ4v) is 2.27. The Bertz CT molecular complexity index is 630. The minimum atomic E-state index is 0.525. The van der Waals surface area contributed by atoms with Crippen molar-refractivity contribution in [3.05, 3.63) is 44.9 Å². The summed E-state index contributed by atoms with van der Waals surface area (Å²) in [6.45, 7) is 2.15. The maximum Gasteiger partial charge on any atom is 0.216 e. The molecular weight excluding hydrogens is 324 g/mol. The van der Waals surface area contributed by atoms with Crippen LogP contribution in [0.15, 0.2) is 33.8 Å². The summed E-state index contributed by atoms with van der Waals surface area (Å²) < 4.78 is 3.24. The molecule has 1 aromatic heterocycles. The number of unbranched alkanes of at least 4 members (excludes halogenated alkanes) is 1. The first-order valence-corrected chi connectivity index (χ1v) is 7.37. The van der Waals surface area contributed by atoms with Crippen molar-refractivity contribution in [3.8, 4) is 0 Å². The highest BCUT2D eigenvalue weighted by atomic mass is 79.9. The lowest BCUT2D eigenvalue weighted by Crippen LogP contribution is -1.99. The molecule has 4 nitrogen and oxygen atoms in total. The highest BCUT2D eigenvalue weighted by molar-refractivity contribution is 9.10. The van der Waals surface area contributed by atoms with Crippen molar-refractivity contribution >= 4 is 34.4 Å². The summed E-state index contributed by atoms with van der Waals surface area (Å²) in [5.74, 6) is 0.873. The second-order valence-corrected chi connectivity index (χ2v) is 5.46. The lowest BCUT2D eigenvalue weighted by Gasteiger charge is -1.99. The summed E-state index contributed by atoms with van der Waals surface area (Å²) >= 11 is 8.62. The second kappa shape index (κ2) is 6.77. The molecule has 0 aliphatic heterocycles. The van der Waals surface area contributed by atoms with Crippen molar-refractivity contribution in [1.82, 2.24) is 14.9 Å². The molecule has 0 unspecified atom stereocenters. The van der Waals surface area contributed by atoms with Gasteiger partial charge in [0.25, 0.3) is 0 Å². The molecule has 1 aromatic carbocycles. The van der Waals surface area contributed by atoms with E-state index in [1.807, 2.05) is 24.3 Å². The molecule has 0 atom stereocenters. The summed E-state index contributed by atoms with van der Waals surface area (Å²) in [5, 5.41) is 11.4.